The van der Waals surface area contributed by atoms with Crippen LogP contribution < -0.4 is 10.2 Å². The first-order valence-corrected chi connectivity index (χ1v) is 5.87. The smallest absolute Gasteiger partial charge is 0.322 e. The summed E-state index contributed by atoms with van der Waals surface area (Å²) in [5.74, 6) is -0.372. The van der Waals surface area contributed by atoms with E-state index in [9.17, 15) is 9.18 Å². The number of anilines is 1. The average molecular weight is 246 g/mol. The van der Waals surface area contributed by atoms with E-state index in [0.29, 0.717) is 11.1 Å². The number of nitrogens with zero attached hydrogens (tertiary/aromatic N) is 3. The highest BCUT2D eigenvalue weighted by atomic mass is 19.1. The normalized spacial score (nSPS) is 25.4. The summed E-state index contributed by atoms with van der Waals surface area (Å²) in [5.41, 5.74) is 1.07. The third-order valence-corrected chi connectivity index (χ3v) is 3.72. The van der Waals surface area contributed by atoms with E-state index in [1.165, 1.54) is 11.1 Å². The highest BCUT2D eigenvalue weighted by molar-refractivity contribution is 5.99. The summed E-state index contributed by atoms with van der Waals surface area (Å²) in [4.78, 5) is 13.3. The number of hydrogen-bond acceptors (Lipinski definition) is 2. The maximum absolute atomic E-state index is 14.4. The van der Waals surface area contributed by atoms with Gasteiger partial charge >= 0.3 is 6.03 Å². The number of halogens is 1. The number of urea groups is 1. The molecule has 0 radical (unpaired) electrons. The van der Waals surface area contributed by atoms with Gasteiger partial charge in [0.05, 0.1) is 34.9 Å². The van der Waals surface area contributed by atoms with Crippen LogP contribution in [0.25, 0.3) is 10.9 Å². The highest BCUT2D eigenvalue weighted by Gasteiger charge is 2.52. The quantitative estimate of drug-likeness (QED) is 0.826. The van der Waals surface area contributed by atoms with Crippen LogP contribution in [0, 0.1) is 5.82 Å². The van der Waals surface area contributed by atoms with Crippen molar-refractivity contribution in [2.75, 3.05) is 4.90 Å². The Labute approximate surface area is 102 Å². The minimum Gasteiger partial charge on any atom is -0.333 e. The van der Waals surface area contributed by atoms with Gasteiger partial charge in [-0.05, 0) is 18.6 Å². The first-order chi connectivity index (χ1) is 8.66. The molecule has 5 nitrogen and oxygen atoms in total. The van der Waals surface area contributed by atoms with Crippen molar-refractivity contribution in [3.8, 4) is 0 Å². The number of carbonyl (C=O) groups excluding carboxylic acids is 1. The molecule has 0 bridgehead atoms. The molecule has 1 aromatic heterocycles. The standard InChI is InChI=1S/C12H11FN4O/c1-16-8-2-3-9(11(13)6(8)5-14-16)17-10-4-7(10)15-12(17)18/h2-3,5,7,10H,4H2,1H3,(H,15,18). The van der Waals surface area contributed by atoms with Gasteiger partial charge in [-0.1, -0.05) is 0 Å². The van der Waals surface area contributed by atoms with Gasteiger partial charge in [-0.15, -0.1) is 0 Å². The van der Waals surface area contributed by atoms with Gasteiger partial charge in [0, 0.05) is 7.05 Å². The van der Waals surface area contributed by atoms with E-state index in [2.05, 4.69) is 10.4 Å². The van der Waals surface area contributed by atoms with Crippen molar-refractivity contribution in [3.05, 3.63) is 24.1 Å². The number of hydrogen-bond donors (Lipinski definition) is 1. The van der Waals surface area contributed by atoms with Gasteiger partial charge in [-0.2, -0.15) is 5.10 Å². The van der Waals surface area contributed by atoms with E-state index < -0.39 is 0 Å². The van der Waals surface area contributed by atoms with Crippen LogP contribution in [0.3, 0.4) is 0 Å². The molecule has 1 N–H and O–H groups in total. The number of rotatable bonds is 1. The lowest BCUT2D eigenvalue weighted by Crippen LogP contribution is -2.33. The molecule has 0 spiro atoms. The summed E-state index contributed by atoms with van der Waals surface area (Å²) < 4.78 is 16.0. The molecular formula is C12H11FN4O. The Morgan fingerprint density at radius 2 is 2.33 bits per heavy atom. The van der Waals surface area contributed by atoms with Crippen LogP contribution in [0.15, 0.2) is 18.3 Å². The third kappa shape index (κ3) is 1.10. The molecule has 1 saturated heterocycles. The monoisotopic (exact) mass is 246 g/mol. The fraction of sp³-hybridized carbons (Fsp3) is 0.333. The molecule has 4 rings (SSSR count). The largest absolute Gasteiger partial charge is 0.333 e. The van der Waals surface area contributed by atoms with Crippen molar-refractivity contribution in [3.63, 3.8) is 0 Å². The summed E-state index contributed by atoms with van der Waals surface area (Å²) in [6.07, 6.45) is 2.39. The second kappa shape index (κ2) is 3.01. The molecule has 1 aliphatic heterocycles. The topological polar surface area (TPSA) is 50.2 Å². The molecule has 18 heavy (non-hydrogen) atoms. The molecule has 2 aliphatic rings. The van der Waals surface area contributed by atoms with Crippen LogP contribution in [0.2, 0.25) is 0 Å². The van der Waals surface area contributed by atoms with E-state index in [1.54, 1.807) is 23.9 Å². The SMILES string of the molecule is Cn1ncc2c(F)c(N3C(=O)NC4CC43)ccc21. The minimum atomic E-state index is -0.372. The van der Waals surface area contributed by atoms with Gasteiger partial charge in [-0.3, -0.25) is 9.58 Å². The molecule has 2 heterocycles. The Balaban J connectivity index is 1.90. The van der Waals surface area contributed by atoms with E-state index in [-0.39, 0.29) is 23.9 Å². The lowest BCUT2D eigenvalue weighted by Gasteiger charge is -2.18. The minimum absolute atomic E-state index is 0.112. The van der Waals surface area contributed by atoms with E-state index in [4.69, 9.17) is 0 Å². The molecular weight excluding hydrogens is 235 g/mol. The first kappa shape index (κ1) is 9.87. The average Bonchev–Trinajstić information content (AvgIpc) is 2.85. The maximum atomic E-state index is 14.4. The molecule has 6 heteroatoms. The van der Waals surface area contributed by atoms with Crippen molar-refractivity contribution < 1.29 is 9.18 Å². The number of aryl methyl sites for hydroxylation is 1. The van der Waals surface area contributed by atoms with E-state index in [1.807, 2.05) is 0 Å². The first-order valence-electron chi connectivity index (χ1n) is 5.87. The van der Waals surface area contributed by atoms with Crippen molar-refractivity contribution in [2.45, 2.75) is 18.5 Å². The molecule has 2 aromatic rings. The summed E-state index contributed by atoms with van der Waals surface area (Å²) in [6, 6.07) is 3.55. The second-order valence-electron chi connectivity index (χ2n) is 4.83. The summed E-state index contributed by atoms with van der Waals surface area (Å²) in [5, 5.41) is 7.30. The number of nitrogens with one attached hydrogen (secondary N) is 1. The number of aromatic nitrogens is 2. The summed E-state index contributed by atoms with van der Waals surface area (Å²) in [7, 11) is 1.76. The fourth-order valence-electron chi connectivity index (χ4n) is 2.66. The van der Waals surface area contributed by atoms with E-state index in [0.717, 1.165) is 11.9 Å². The van der Waals surface area contributed by atoms with Crippen molar-refractivity contribution >= 4 is 22.6 Å². The van der Waals surface area contributed by atoms with Crippen LogP contribution in [0.4, 0.5) is 14.9 Å². The van der Waals surface area contributed by atoms with Crippen LogP contribution in [0.5, 0.6) is 0 Å². The lowest BCUT2D eigenvalue weighted by molar-refractivity contribution is 0.249. The zero-order valence-corrected chi connectivity index (χ0v) is 9.72. The number of benzene rings is 1. The molecule has 2 unspecified atom stereocenters. The highest BCUT2D eigenvalue weighted by Crippen LogP contribution is 2.39. The summed E-state index contributed by atoms with van der Waals surface area (Å²) >= 11 is 0. The Bertz CT molecular complexity index is 680. The van der Waals surface area contributed by atoms with Crippen LogP contribution >= 0.6 is 0 Å². The molecule has 2 amide bonds. The molecule has 1 aliphatic carbocycles. The Morgan fingerprint density at radius 1 is 1.50 bits per heavy atom. The van der Waals surface area contributed by atoms with Gasteiger partial charge in [0.15, 0.2) is 5.82 Å². The molecule has 2 fully saturated rings. The number of fused-ring (bicyclic) bond motifs is 2. The van der Waals surface area contributed by atoms with Crippen molar-refractivity contribution in [1.82, 2.24) is 15.1 Å². The number of carbonyl (C=O) groups is 1. The third-order valence-electron chi connectivity index (χ3n) is 3.72. The molecule has 1 saturated carbocycles. The molecule has 2 atom stereocenters. The fourth-order valence-corrected chi connectivity index (χ4v) is 2.66. The molecule has 1 aromatic carbocycles. The predicted molar refractivity (Wildman–Crippen MR) is 63.9 cm³/mol. The van der Waals surface area contributed by atoms with Crippen molar-refractivity contribution in [2.24, 2.45) is 7.05 Å². The van der Waals surface area contributed by atoms with Crippen LogP contribution in [-0.2, 0) is 7.05 Å². The summed E-state index contributed by atoms with van der Waals surface area (Å²) in [6.45, 7) is 0. The van der Waals surface area contributed by atoms with Gasteiger partial charge < -0.3 is 5.32 Å². The Kier molecular flexibility index (Phi) is 1.65. The Morgan fingerprint density at radius 3 is 3.06 bits per heavy atom. The Hall–Kier alpha value is -2.11. The van der Waals surface area contributed by atoms with Crippen LogP contribution in [0.1, 0.15) is 6.42 Å². The van der Waals surface area contributed by atoms with E-state index >= 15 is 0 Å². The van der Waals surface area contributed by atoms with Gasteiger partial charge in [0.25, 0.3) is 0 Å². The maximum Gasteiger partial charge on any atom is 0.322 e. The van der Waals surface area contributed by atoms with Crippen molar-refractivity contribution in [1.29, 1.82) is 0 Å². The predicted octanol–water partition coefficient (Wildman–Crippen LogP) is 1.38. The van der Waals surface area contributed by atoms with Gasteiger partial charge in [0.1, 0.15) is 0 Å². The second-order valence-corrected chi connectivity index (χ2v) is 4.83. The zero-order chi connectivity index (χ0) is 12.4. The van der Waals surface area contributed by atoms with Crippen LogP contribution in [-0.4, -0.2) is 27.9 Å². The molecule has 92 valence electrons. The zero-order valence-electron chi connectivity index (χ0n) is 9.72. The lowest BCUT2D eigenvalue weighted by atomic mass is 10.2. The number of amides is 2. The van der Waals surface area contributed by atoms with Gasteiger partial charge in [0.2, 0.25) is 0 Å². The van der Waals surface area contributed by atoms with Gasteiger partial charge in [-0.25, -0.2) is 9.18 Å².